The first-order valence-electron chi connectivity index (χ1n) is 7.38. The van der Waals surface area contributed by atoms with Crippen LogP contribution in [0.3, 0.4) is 0 Å². The molecule has 0 amide bonds. The summed E-state index contributed by atoms with van der Waals surface area (Å²) in [6, 6.07) is 19.7. The fraction of sp³-hybridized carbons (Fsp3) is 0.105. The van der Waals surface area contributed by atoms with E-state index < -0.39 is 0 Å². The first-order chi connectivity index (χ1) is 11.3. The van der Waals surface area contributed by atoms with Gasteiger partial charge in [-0.25, -0.2) is 4.98 Å². The summed E-state index contributed by atoms with van der Waals surface area (Å²) < 4.78 is 5.69. The van der Waals surface area contributed by atoms with Crippen molar-refractivity contribution in [3.63, 3.8) is 0 Å². The predicted molar refractivity (Wildman–Crippen MR) is 93.3 cm³/mol. The third-order valence-electron chi connectivity index (χ3n) is 3.56. The van der Waals surface area contributed by atoms with E-state index in [1.165, 1.54) is 0 Å². The molecular formula is C19H17ClN2O. The number of nitrogens with two attached hydrogens (primary N) is 1. The fourth-order valence-corrected chi connectivity index (χ4v) is 2.47. The lowest BCUT2D eigenvalue weighted by Crippen LogP contribution is -1.98. The molecule has 0 aliphatic rings. The van der Waals surface area contributed by atoms with Gasteiger partial charge < -0.3 is 10.5 Å². The molecule has 0 aliphatic carbocycles. The van der Waals surface area contributed by atoms with Gasteiger partial charge in [-0.15, -0.1) is 0 Å². The van der Waals surface area contributed by atoms with Crippen molar-refractivity contribution in [1.82, 2.24) is 4.98 Å². The second-order valence-corrected chi connectivity index (χ2v) is 5.58. The number of ether oxygens (including phenoxy) is 1. The van der Waals surface area contributed by atoms with Gasteiger partial charge in [0.2, 0.25) is 5.88 Å². The van der Waals surface area contributed by atoms with Gasteiger partial charge in [0.25, 0.3) is 0 Å². The van der Waals surface area contributed by atoms with Crippen LogP contribution in [0.25, 0.3) is 11.1 Å². The average Bonchev–Trinajstić information content (AvgIpc) is 2.62. The van der Waals surface area contributed by atoms with Crippen LogP contribution in [0.1, 0.15) is 11.1 Å². The van der Waals surface area contributed by atoms with Gasteiger partial charge in [-0.2, -0.15) is 0 Å². The zero-order valence-corrected chi connectivity index (χ0v) is 13.3. The summed E-state index contributed by atoms with van der Waals surface area (Å²) >= 11 is 6.09. The standard InChI is InChI=1S/C19H17ClN2O/c20-18-8-6-15(10-17(18)11-21)16-7-9-19(22-12-16)23-13-14-4-2-1-3-5-14/h1-10,12H,11,13,21H2. The Bertz CT molecular complexity index is 773. The molecule has 23 heavy (non-hydrogen) atoms. The van der Waals surface area contributed by atoms with Crippen LogP contribution in [-0.4, -0.2) is 4.98 Å². The van der Waals surface area contributed by atoms with E-state index in [0.717, 1.165) is 22.3 Å². The summed E-state index contributed by atoms with van der Waals surface area (Å²) in [5.74, 6) is 0.602. The van der Waals surface area contributed by atoms with Crippen LogP contribution in [0.4, 0.5) is 0 Å². The summed E-state index contributed by atoms with van der Waals surface area (Å²) in [6.07, 6.45) is 1.80. The highest BCUT2D eigenvalue weighted by Crippen LogP contribution is 2.25. The molecule has 0 saturated carbocycles. The van der Waals surface area contributed by atoms with Crippen LogP contribution in [0.5, 0.6) is 5.88 Å². The van der Waals surface area contributed by atoms with Gasteiger partial charge in [0.05, 0.1) is 0 Å². The highest BCUT2D eigenvalue weighted by molar-refractivity contribution is 6.31. The Balaban J connectivity index is 1.72. The molecule has 0 saturated heterocycles. The Hall–Kier alpha value is -2.36. The minimum absolute atomic E-state index is 0.415. The van der Waals surface area contributed by atoms with Gasteiger partial charge in [-0.1, -0.05) is 48.0 Å². The molecule has 2 aromatic carbocycles. The number of benzene rings is 2. The van der Waals surface area contributed by atoms with Crippen molar-refractivity contribution in [3.8, 4) is 17.0 Å². The van der Waals surface area contributed by atoms with Crippen molar-refractivity contribution < 1.29 is 4.74 Å². The monoisotopic (exact) mass is 324 g/mol. The highest BCUT2D eigenvalue weighted by Gasteiger charge is 2.04. The van der Waals surface area contributed by atoms with Crippen LogP contribution < -0.4 is 10.5 Å². The lowest BCUT2D eigenvalue weighted by molar-refractivity contribution is 0.294. The molecule has 1 heterocycles. The van der Waals surface area contributed by atoms with Crippen LogP contribution in [-0.2, 0) is 13.2 Å². The molecule has 3 aromatic rings. The van der Waals surface area contributed by atoms with Crippen molar-refractivity contribution in [2.24, 2.45) is 5.73 Å². The van der Waals surface area contributed by atoms with Crippen molar-refractivity contribution in [3.05, 3.63) is 83.0 Å². The van der Waals surface area contributed by atoms with Crippen LogP contribution in [0.15, 0.2) is 66.9 Å². The molecule has 3 nitrogen and oxygen atoms in total. The van der Waals surface area contributed by atoms with Crippen LogP contribution in [0.2, 0.25) is 5.02 Å². The Morgan fingerprint density at radius 2 is 1.74 bits per heavy atom. The molecule has 0 atom stereocenters. The third kappa shape index (κ3) is 3.89. The van der Waals surface area contributed by atoms with E-state index in [1.807, 2.05) is 60.7 Å². The predicted octanol–water partition coefficient (Wildman–Crippen LogP) is 4.44. The summed E-state index contributed by atoms with van der Waals surface area (Å²) in [5, 5.41) is 0.687. The van der Waals surface area contributed by atoms with E-state index in [0.29, 0.717) is 24.1 Å². The Morgan fingerprint density at radius 3 is 2.43 bits per heavy atom. The molecule has 0 aliphatic heterocycles. The fourth-order valence-electron chi connectivity index (χ4n) is 2.28. The van der Waals surface area contributed by atoms with E-state index in [-0.39, 0.29) is 0 Å². The lowest BCUT2D eigenvalue weighted by atomic mass is 10.0. The summed E-state index contributed by atoms with van der Waals surface area (Å²) in [6.45, 7) is 0.920. The number of halogens is 1. The normalized spacial score (nSPS) is 10.5. The van der Waals surface area contributed by atoms with Gasteiger partial charge in [0.1, 0.15) is 6.61 Å². The highest BCUT2D eigenvalue weighted by atomic mass is 35.5. The van der Waals surface area contributed by atoms with Gasteiger partial charge in [-0.3, -0.25) is 0 Å². The smallest absolute Gasteiger partial charge is 0.213 e. The Kier molecular flexibility index (Phi) is 4.91. The molecule has 0 spiro atoms. The van der Waals surface area contributed by atoms with Crippen molar-refractivity contribution in [2.45, 2.75) is 13.2 Å². The number of rotatable bonds is 5. The van der Waals surface area contributed by atoms with Gasteiger partial charge in [0, 0.05) is 29.4 Å². The maximum atomic E-state index is 6.09. The maximum Gasteiger partial charge on any atom is 0.213 e. The Morgan fingerprint density at radius 1 is 0.957 bits per heavy atom. The zero-order valence-electron chi connectivity index (χ0n) is 12.6. The molecule has 0 radical (unpaired) electrons. The SMILES string of the molecule is NCc1cc(-c2ccc(OCc3ccccc3)nc2)ccc1Cl. The number of pyridine rings is 1. The largest absolute Gasteiger partial charge is 0.473 e. The number of nitrogens with zero attached hydrogens (tertiary/aromatic N) is 1. The van der Waals surface area contributed by atoms with Gasteiger partial charge >= 0.3 is 0 Å². The third-order valence-corrected chi connectivity index (χ3v) is 3.93. The molecule has 4 heteroatoms. The lowest BCUT2D eigenvalue weighted by Gasteiger charge is -2.08. The number of aromatic nitrogens is 1. The van der Waals surface area contributed by atoms with Crippen molar-refractivity contribution >= 4 is 11.6 Å². The van der Waals surface area contributed by atoms with Crippen molar-refractivity contribution in [2.75, 3.05) is 0 Å². The van der Waals surface area contributed by atoms with E-state index >= 15 is 0 Å². The molecular weight excluding hydrogens is 308 g/mol. The average molecular weight is 325 g/mol. The first kappa shape index (κ1) is 15.5. The molecule has 1 aromatic heterocycles. The molecule has 0 fully saturated rings. The second kappa shape index (κ2) is 7.27. The summed E-state index contributed by atoms with van der Waals surface area (Å²) in [4.78, 5) is 4.36. The Labute approximate surface area is 140 Å². The zero-order chi connectivity index (χ0) is 16.1. The number of hydrogen-bond donors (Lipinski definition) is 1. The van der Waals surface area contributed by atoms with E-state index in [4.69, 9.17) is 22.1 Å². The summed E-state index contributed by atoms with van der Waals surface area (Å²) in [5.41, 5.74) is 9.78. The molecule has 116 valence electrons. The van der Waals surface area contributed by atoms with E-state index in [9.17, 15) is 0 Å². The van der Waals surface area contributed by atoms with E-state index in [2.05, 4.69) is 4.98 Å². The molecule has 0 bridgehead atoms. The topological polar surface area (TPSA) is 48.1 Å². The minimum Gasteiger partial charge on any atom is -0.473 e. The van der Waals surface area contributed by atoms with Crippen LogP contribution >= 0.6 is 11.6 Å². The minimum atomic E-state index is 0.415. The second-order valence-electron chi connectivity index (χ2n) is 5.17. The van der Waals surface area contributed by atoms with Gasteiger partial charge in [-0.05, 0) is 34.9 Å². The van der Waals surface area contributed by atoms with Crippen LogP contribution in [0, 0.1) is 0 Å². The molecule has 0 unspecified atom stereocenters. The van der Waals surface area contributed by atoms with Gasteiger partial charge in [0.15, 0.2) is 0 Å². The number of hydrogen-bond acceptors (Lipinski definition) is 3. The quantitative estimate of drug-likeness (QED) is 0.754. The van der Waals surface area contributed by atoms with E-state index in [1.54, 1.807) is 6.20 Å². The first-order valence-corrected chi connectivity index (χ1v) is 7.75. The molecule has 2 N–H and O–H groups in total. The summed E-state index contributed by atoms with van der Waals surface area (Å²) in [7, 11) is 0. The van der Waals surface area contributed by atoms with Crippen molar-refractivity contribution in [1.29, 1.82) is 0 Å². The maximum absolute atomic E-state index is 6.09. The molecule has 3 rings (SSSR count).